The van der Waals surface area contributed by atoms with Gasteiger partial charge in [0, 0.05) is 25.6 Å². The minimum atomic E-state index is -4.02. The van der Waals surface area contributed by atoms with Crippen molar-refractivity contribution in [1.29, 1.82) is 0 Å². The first-order chi connectivity index (χ1) is 14.0. The topological polar surface area (TPSA) is 95.6 Å². The van der Waals surface area contributed by atoms with Crippen molar-refractivity contribution in [3.63, 3.8) is 0 Å². The summed E-state index contributed by atoms with van der Waals surface area (Å²) in [6.45, 7) is 0.878. The van der Waals surface area contributed by atoms with Gasteiger partial charge in [-0.15, -0.1) is 6.42 Å². The standard InChI is InChI=1S/C20H24N4O4S/c1-3-11-23-12-14(13-28-2)17-9-6-10-18(19(23)25)24(17)29(26,27)20-21-15-7-4-5-8-16(15)22-20/h1,4-5,7-8,14,17-18H,6,9-13H2,2H3,(H,21,22)/t14-,17+,18?/m1/s1. The zero-order chi connectivity index (χ0) is 20.6. The van der Waals surface area contributed by atoms with E-state index >= 15 is 0 Å². The van der Waals surface area contributed by atoms with Crippen LogP contribution in [0.3, 0.4) is 0 Å². The number of carbonyl (C=O) groups excluding carboxylic acids is 1. The number of H-pyrrole nitrogens is 1. The van der Waals surface area contributed by atoms with Gasteiger partial charge in [0.05, 0.1) is 24.2 Å². The predicted molar refractivity (Wildman–Crippen MR) is 107 cm³/mol. The van der Waals surface area contributed by atoms with Crippen molar-refractivity contribution in [3.8, 4) is 12.3 Å². The molecule has 8 nitrogen and oxygen atoms in total. The third-order valence-electron chi connectivity index (χ3n) is 5.76. The lowest BCUT2D eigenvalue weighted by atomic mass is 9.91. The predicted octanol–water partition coefficient (Wildman–Crippen LogP) is 1.21. The van der Waals surface area contributed by atoms with Crippen molar-refractivity contribution >= 4 is 27.0 Å². The van der Waals surface area contributed by atoms with E-state index in [2.05, 4.69) is 15.9 Å². The zero-order valence-electron chi connectivity index (χ0n) is 16.2. The molecule has 4 rings (SSSR count). The minimum Gasteiger partial charge on any atom is -0.384 e. The van der Waals surface area contributed by atoms with E-state index in [4.69, 9.17) is 11.2 Å². The monoisotopic (exact) mass is 416 g/mol. The molecule has 2 fully saturated rings. The van der Waals surface area contributed by atoms with Gasteiger partial charge in [-0.1, -0.05) is 18.1 Å². The van der Waals surface area contributed by atoms with E-state index in [0.717, 1.165) is 6.42 Å². The minimum absolute atomic E-state index is 0.134. The first kappa shape index (κ1) is 19.9. The Hall–Kier alpha value is -2.41. The number of imidazole rings is 1. The van der Waals surface area contributed by atoms with Gasteiger partial charge >= 0.3 is 0 Å². The number of methoxy groups -OCH3 is 1. The summed E-state index contributed by atoms with van der Waals surface area (Å²) in [6.07, 6.45) is 7.37. The Morgan fingerprint density at radius 2 is 2.14 bits per heavy atom. The Labute approximate surface area is 170 Å². The molecule has 29 heavy (non-hydrogen) atoms. The van der Waals surface area contributed by atoms with Gasteiger partial charge in [0.1, 0.15) is 6.04 Å². The van der Waals surface area contributed by atoms with Gasteiger partial charge in [-0.2, -0.15) is 4.31 Å². The lowest BCUT2D eigenvalue weighted by molar-refractivity contribution is -0.134. The third kappa shape index (κ3) is 3.41. The van der Waals surface area contributed by atoms with Crippen molar-refractivity contribution in [2.24, 2.45) is 5.92 Å². The summed E-state index contributed by atoms with van der Waals surface area (Å²) in [5.41, 5.74) is 1.21. The Bertz CT molecular complexity index is 1020. The fourth-order valence-corrected chi connectivity index (χ4v) is 6.33. The van der Waals surface area contributed by atoms with Crippen molar-refractivity contribution < 1.29 is 17.9 Å². The third-order valence-corrected chi connectivity index (χ3v) is 7.52. The van der Waals surface area contributed by atoms with Crippen molar-refractivity contribution in [2.75, 3.05) is 26.8 Å². The number of para-hydroxylation sites is 2. The number of ether oxygens (including phenoxy) is 1. The van der Waals surface area contributed by atoms with Crippen LogP contribution in [0.15, 0.2) is 29.4 Å². The number of nitrogens with one attached hydrogen (secondary N) is 1. The first-order valence-electron chi connectivity index (χ1n) is 9.67. The molecule has 1 aromatic carbocycles. The van der Waals surface area contributed by atoms with Crippen LogP contribution in [0, 0.1) is 18.3 Å². The maximum absolute atomic E-state index is 13.7. The quantitative estimate of drug-likeness (QED) is 0.740. The van der Waals surface area contributed by atoms with Gasteiger partial charge in [0.25, 0.3) is 10.0 Å². The molecule has 3 heterocycles. The maximum Gasteiger partial charge on any atom is 0.277 e. The highest BCUT2D eigenvalue weighted by Gasteiger charge is 2.50. The number of hydrogen-bond acceptors (Lipinski definition) is 5. The number of terminal acetylenes is 1. The maximum atomic E-state index is 13.7. The highest BCUT2D eigenvalue weighted by atomic mass is 32.2. The van der Waals surface area contributed by atoms with Gasteiger partial charge < -0.3 is 14.6 Å². The fraction of sp³-hybridized carbons (Fsp3) is 0.500. The molecular formula is C20H24N4O4S. The normalized spacial score (nSPS) is 25.7. The molecule has 2 bridgehead atoms. The van der Waals surface area contributed by atoms with E-state index in [1.165, 1.54) is 4.31 Å². The van der Waals surface area contributed by atoms with Crippen molar-refractivity contribution in [1.82, 2.24) is 19.2 Å². The molecule has 0 radical (unpaired) electrons. The number of amides is 1. The molecule has 0 saturated carbocycles. The van der Waals surface area contributed by atoms with Crippen LogP contribution in [0.25, 0.3) is 11.0 Å². The summed E-state index contributed by atoms with van der Waals surface area (Å²) >= 11 is 0. The molecule has 154 valence electrons. The van der Waals surface area contributed by atoms with Crippen LogP contribution in [-0.2, 0) is 19.6 Å². The molecular weight excluding hydrogens is 392 g/mol. The SMILES string of the molecule is C#CCN1C[C@H](COC)[C@@H]2CCCC(C1=O)N2S(=O)(=O)c1nc2ccccc2[nH]1. The lowest BCUT2D eigenvalue weighted by Crippen LogP contribution is -2.55. The number of carbonyl (C=O) groups is 1. The summed E-state index contributed by atoms with van der Waals surface area (Å²) in [6, 6.07) is 6.02. The van der Waals surface area contributed by atoms with Crippen molar-refractivity contribution in [2.45, 2.75) is 36.5 Å². The van der Waals surface area contributed by atoms with Crippen molar-refractivity contribution in [3.05, 3.63) is 24.3 Å². The fourth-order valence-electron chi connectivity index (χ4n) is 4.51. The molecule has 1 N–H and O–H groups in total. The van der Waals surface area contributed by atoms with Gasteiger partial charge in [0.15, 0.2) is 0 Å². The van der Waals surface area contributed by atoms with Gasteiger partial charge in [-0.05, 0) is 31.4 Å². The first-order valence-corrected chi connectivity index (χ1v) is 11.1. The molecule has 1 amide bonds. The molecule has 1 unspecified atom stereocenters. The van der Waals surface area contributed by atoms with E-state index in [-0.39, 0.29) is 29.6 Å². The molecule has 2 aromatic rings. The van der Waals surface area contributed by atoms with Crippen LogP contribution in [0.4, 0.5) is 0 Å². The lowest BCUT2D eigenvalue weighted by Gasteiger charge is -2.39. The number of fused-ring (bicyclic) bond motifs is 3. The van der Waals surface area contributed by atoms with E-state index in [1.807, 2.05) is 6.07 Å². The number of benzene rings is 1. The molecule has 2 aliphatic heterocycles. The van der Waals surface area contributed by atoms with Gasteiger partial charge in [0.2, 0.25) is 11.1 Å². The Morgan fingerprint density at radius 1 is 1.34 bits per heavy atom. The van der Waals surface area contributed by atoms with Crippen LogP contribution in [0.2, 0.25) is 0 Å². The number of sulfonamides is 1. The molecule has 0 spiro atoms. The Kier molecular flexibility index (Phi) is 5.34. The van der Waals surface area contributed by atoms with E-state index < -0.39 is 16.1 Å². The highest BCUT2D eigenvalue weighted by molar-refractivity contribution is 7.89. The highest BCUT2D eigenvalue weighted by Crippen LogP contribution is 2.37. The average molecular weight is 417 g/mol. The molecule has 2 aliphatic rings. The molecule has 9 heteroatoms. The summed E-state index contributed by atoms with van der Waals surface area (Å²) in [4.78, 5) is 22.0. The summed E-state index contributed by atoms with van der Waals surface area (Å²) in [7, 11) is -2.44. The van der Waals surface area contributed by atoms with Crippen LogP contribution in [0.1, 0.15) is 19.3 Å². The second-order valence-corrected chi connectivity index (χ2v) is 9.30. The van der Waals surface area contributed by atoms with Crippen LogP contribution < -0.4 is 0 Å². The number of hydrogen-bond donors (Lipinski definition) is 1. The Balaban J connectivity index is 1.81. The van der Waals surface area contributed by atoms with E-state index in [9.17, 15) is 13.2 Å². The number of aromatic amines is 1. The number of aromatic nitrogens is 2. The molecule has 3 atom stereocenters. The second-order valence-electron chi connectivity index (χ2n) is 7.55. The number of rotatable bonds is 5. The number of nitrogens with zero attached hydrogens (tertiary/aromatic N) is 3. The van der Waals surface area contributed by atoms with E-state index in [0.29, 0.717) is 37.0 Å². The van der Waals surface area contributed by atoms with Gasteiger partial charge in [-0.3, -0.25) is 4.79 Å². The Morgan fingerprint density at radius 3 is 2.86 bits per heavy atom. The summed E-state index contributed by atoms with van der Waals surface area (Å²) in [5, 5.41) is -0.134. The zero-order valence-corrected chi connectivity index (χ0v) is 17.1. The second kappa shape index (κ2) is 7.78. The smallest absolute Gasteiger partial charge is 0.277 e. The van der Waals surface area contributed by atoms with Crippen LogP contribution >= 0.6 is 0 Å². The molecule has 0 aliphatic carbocycles. The van der Waals surface area contributed by atoms with Crippen LogP contribution in [-0.4, -0.2) is 72.4 Å². The number of piperidine rings is 1. The molecule has 2 saturated heterocycles. The largest absolute Gasteiger partial charge is 0.384 e. The summed E-state index contributed by atoms with van der Waals surface area (Å²) in [5.74, 6) is 2.11. The average Bonchev–Trinajstić information content (AvgIpc) is 3.14. The van der Waals surface area contributed by atoms with Gasteiger partial charge in [-0.25, -0.2) is 13.4 Å². The summed E-state index contributed by atoms with van der Waals surface area (Å²) < 4.78 is 34.1. The van der Waals surface area contributed by atoms with Crippen LogP contribution in [0.5, 0.6) is 0 Å². The van der Waals surface area contributed by atoms with E-state index in [1.54, 1.807) is 30.2 Å². The molecule has 1 aromatic heterocycles.